The Kier molecular flexibility index (Phi) is 2.35. The van der Waals surface area contributed by atoms with Gasteiger partial charge in [0.2, 0.25) is 0 Å². The van der Waals surface area contributed by atoms with Crippen molar-refractivity contribution in [2.45, 2.75) is 38.2 Å². The second-order valence-corrected chi connectivity index (χ2v) is 5.41. The van der Waals surface area contributed by atoms with Crippen molar-refractivity contribution < 1.29 is 15.0 Å². The highest BCUT2D eigenvalue weighted by Crippen LogP contribution is 2.44. The van der Waals surface area contributed by atoms with E-state index in [0.717, 1.165) is 10.4 Å². The van der Waals surface area contributed by atoms with Crippen LogP contribution in [0.1, 0.15) is 41.5 Å². The van der Waals surface area contributed by atoms with Crippen molar-refractivity contribution in [3.8, 4) is 0 Å². The predicted molar refractivity (Wildman–Crippen MR) is 58.3 cm³/mol. The van der Waals surface area contributed by atoms with E-state index in [2.05, 4.69) is 13.8 Å². The zero-order valence-electron chi connectivity index (χ0n) is 8.78. The minimum absolute atomic E-state index is 0.307. The molecule has 1 heterocycles. The van der Waals surface area contributed by atoms with E-state index in [1.807, 2.05) is 6.07 Å². The lowest BCUT2D eigenvalue weighted by Crippen LogP contribution is -2.32. The second kappa shape index (κ2) is 3.32. The summed E-state index contributed by atoms with van der Waals surface area (Å²) in [5, 5.41) is 19.1. The Hall–Kier alpha value is -0.870. The molecule has 1 aliphatic rings. The number of carboxylic acid groups (broad SMARTS) is 1. The normalized spacial score (nSPS) is 24.5. The SMILES string of the molecule is CC(C)c1cc2c(s1)C(O)(C(=O)O)CC2. The summed E-state index contributed by atoms with van der Waals surface area (Å²) in [5.41, 5.74) is -0.624. The molecule has 1 aliphatic carbocycles. The molecule has 0 amide bonds. The molecule has 1 atom stereocenters. The maximum atomic E-state index is 11.0. The fourth-order valence-electron chi connectivity index (χ4n) is 1.90. The number of rotatable bonds is 2. The summed E-state index contributed by atoms with van der Waals surface area (Å²) < 4.78 is 0. The topological polar surface area (TPSA) is 57.5 Å². The third-order valence-corrected chi connectivity index (χ3v) is 4.51. The first-order chi connectivity index (χ1) is 6.95. The molecule has 2 N–H and O–H groups in total. The number of carbonyl (C=O) groups is 1. The van der Waals surface area contributed by atoms with E-state index in [1.165, 1.54) is 11.3 Å². The largest absolute Gasteiger partial charge is 0.479 e. The first-order valence-electron chi connectivity index (χ1n) is 5.04. The Morgan fingerprint density at radius 1 is 1.60 bits per heavy atom. The quantitative estimate of drug-likeness (QED) is 0.811. The molecule has 1 aromatic heterocycles. The molecule has 0 radical (unpaired) electrons. The van der Waals surface area contributed by atoms with Crippen LogP contribution in [0.2, 0.25) is 0 Å². The molecule has 1 unspecified atom stereocenters. The molecule has 0 saturated heterocycles. The second-order valence-electron chi connectivity index (χ2n) is 4.32. The summed E-state index contributed by atoms with van der Waals surface area (Å²) in [6, 6.07) is 2.03. The Labute approximate surface area is 92.4 Å². The van der Waals surface area contributed by atoms with Crippen LogP contribution in [-0.2, 0) is 16.8 Å². The summed E-state index contributed by atoms with van der Waals surface area (Å²) in [4.78, 5) is 12.8. The fourth-order valence-corrected chi connectivity index (χ4v) is 3.23. The number of fused-ring (bicyclic) bond motifs is 1. The van der Waals surface area contributed by atoms with E-state index < -0.39 is 11.6 Å². The maximum Gasteiger partial charge on any atom is 0.341 e. The van der Waals surface area contributed by atoms with Crippen LogP contribution in [0.5, 0.6) is 0 Å². The van der Waals surface area contributed by atoms with Crippen LogP contribution in [0.25, 0.3) is 0 Å². The maximum absolute atomic E-state index is 11.0. The highest BCUT2D eigenvalue weighted by atomic mass is 32.1. The number of hydrogen-bond acceptors (Lipinski definition) is 3. The van der Waals surface area contributed by atoms with Crippen LogP contribution in [0.3, 0.4) is 0 Å². The van der Waals surface area contributed by atoms with Crippen LogP contribution in [0, 0.1) is 0 Å². The van der Waals surface area contributed by atoms with E-state index >= 15 is 0 Å². The highest BCUT2D eigenvalue weighted by Gasteiger charge is 2.45. The fraction of sp³-hybridized carbons (Fsp3) is 0.545. The number of thiophene rings is 1. The van der Waals surface area contributed by atoms with Crippen LogP contribution in [0.15, 0.2) is 6.07 Å². The van der Waals surface area contributed by atoms with Crippen molar-refractivity contribution in [1.29, 1.82) is 0 Å². The average molecular weight is 226 g/mol. The molecule has 2 rings (SSSR count). The van der Waals surface area contributed by atoms with Gasteiger partial charge >= 0.3 is 5.97 Å². The molecule has 15 heavy (non-hydrogen) atoms. The van der Waals surface area contributed by atoms with Gasteiger partial charge in [-0.25, -0.2) is 4.79 Å². The van der Waals surface area contributed by atoms with Crippen molar-refractivity contribution in [1.82, 2.24) is 0 Å². The van der Waals surface area contributed by atoms with Gasteiger partial charge in [0.15, 0.2) is 5.60 Å². The van der Waals surface area contributed by atoms with Crippen LogP contribution in [-0.4, -0.2) is 16.2 Å². The standard InChI is InChI=1S/C11H14O3S/c1-6(2)8-5-7-3-4-11(14,10(12)13)9(7)15-8/h5-6,14H,3-4H2,1-2H3,(H,12,13). The highest BCUT2D eigenvalue weighted by molar-refractivity contribution is 7.12. The van der Waals surface area contributed by atoms with Crippen LogP contribution >= 0.6 is 11.3 Å². The number of carboxylic acids is 1. The summed E-state index contributed by atoms with van der Waals surface area (Å²) in [6.45, 7) is 4.14. The Balaban J connectivity index is 2.46. The molecule has 0 bridgehead atoms. The zero-order chi connectivity index (χ0) is 11.2. The predicted octanol–water partition coefficient (Wildman–Crippen LogP) is 2.09. The smallest absolute Gasteiger partial charge is 0.341 e. The average Bonchev–Trinajstić information content (AvgIpc) is 2.67. The Morgan fingerprint density at radius 2 is 2.27 bits per heavy atom. The molecule has 4 heteroatoms. The summed E-state index contributed by atoms with van der Waals surface area (Å²) in [5.74, 6) is -0.739. The summed E-state index contributed by atoms with van der Waals surface area (Å²) >= 11 is 1.43. The molecule has 3 nitrogen and oxygen atoms in total. The number of aliphatic carboxylic acids is 1. The number of aryl methyl sites for hydroxylation is 1. The van der Waals surface area contributed by atoms with Crippen molar-refractivity contribution >= 4 is 17.3 Å². The molecule has 0 spiro atoms. The van der Waals surface area contributed by atoms with E-state index in [9.17, 15) is 9.90 Å². The van der Waals surface area contributed by atoms with Gasteiger partial charge in [-0.2, -0.15) is 0 Å². The Morgan fingerprint density at radius 3 is 2.80 bits per heavy atom. The minimum Gasteiger partial charge on any atom is -0.479 e. The first kappa shape index (κ1) is 10.6. The van der Waals surface area contributed by atoms with Gasteiger partial charge in [0.25, 0.3) is 0 Å². The molecule has 82 valence electrons. The minimum atomic E-state index is -1.63. The summed E-state index contributed by atoms with van der Waals surface area (Å²) in [6.07, 6.45) is 0.975. The molecule has 0 aliphatic heterocycles. The molecule has 0 aromatic carbocycles. The van der Waals surface area contributed by atoms with Crippen LogP contribution in [0.4, 0.5) is 0 Å². The van der Waals surface area contributed by atoms with E-state index in [0.29, 0.717) is 23.6 Å². The van der Waals surface area contributed by atoms with Gasteiger partial charge < -0.3 is 10.2 Å². The Bertz CT molecular complexity index is 408. The van der Waals surface area contributed by atoms with Gasteiger partial charge in [-0.3, -0.25) is 0 Å². The lowest BCUT2D eigenvalue weighted by atomic mass is 10.0. The van der Waals surface area contributed by atoms with Gasteiger partial charge in [-0.1, -0.05) is 13.8 Å². The van der Waals surface area contributed by atoms with Gasteiger partial charge in [-0.15, -0.1) is 11.3 Å². The molecule has 1 aromatic rings. The van der Waals surface area contributed by atoms with Crippen molar-refractivity contribution in [3.63, 3.8) is 0 Å². The monoisotopic (exact) mass is 226 g/mol. The first-order valence-corrected chi connectivity index (χ1v) is 5.85. The third-order valence-electron chi connectivity index (χ3n) is 2.88. The molecule has 0 saturated carbocycles. The lowest BCUT2D eigenvalue weighted by Gasteiger charge is -2.16. The van der Waals surface area contributed by atoms with Gasteiger partial charge in [0.05, 0.1) is 4.88 Å². The van der Waals surface area contributed by atoms with Gasteiger partial charge in [0.1, 0.15) is 0 Å². The van der Waals surface area contributed by atoms with E-state index in [4.69, 9.17) is 5.11 Å². The number of aliphatic hydroxyl groups is 1. The third kappa shape index (κ3) is 1.48. The number of hydrogen-bond donors (Lipinski definition) is 2. The van der Waals surface area contributed by atoms with Crippen molar-refractivity contribution in [2.75, 3.05) is 0 Å². The zero-order valence-corrected chi connectivity index (χ0v) is 9.60. The lowest BCUT2D eigenvalue weighted by molar-refractivity contribution is -0.159. The van der Waals surface area contributed by atoms with Crippen LogP contribution < -0.4 is 0 Å². The van der Waals surface area contributed by atoms with Crippen molar-refractivity contribution in [3.05, 3.63) is 21.4 Å². The van der Waals surface area contributed by atoms with E-state index in [1.54, 1.807) is 0 Å². The molecular weight excluding hydrogens is 212 g/mol. The molecule has 0 fully saturated rings. The van der Waals surface area contributed by atoms with Crippen molar-refractivity contribution in [2.24, 2.45) is 0 Å². The molecular formula is C11H14O3S. The van der Waals surface area contributed by atoms with E-state index in [-0.39, 0.29) is 0 Å². The van der Waals surface area contributed by atoms with Gasteiger partial charge in [0, 0.05) is 4.88 Å². The van der Waals surface area contributed by atoms with Gasteiger partial charge in [-0.05, 0) is 30.4 Å². The summed E-state index contributed by atoms with van der Waals surface area (Å²) in [7, 11) is 0.